The molecular weight excluding hydrogens is 456 g/mol. The Morgan fingerprint density at radius 3 is 1.00 bits per heavy atom. The lowest BCUT2D eigenvalue weighted by Crippen LogP contribution is -2.01. The standard InChI is InChI=1S/C38H74/c1-4-7-10-13-16-18-19-20-21-22-23-24-25-28-31-34-37-38(35-32-29-26-15-12-9-6-3)36-33-30-27-17-14-11-8-5-2/h16,18,20-21,38H,4-15,17,19,22-37H2,1-3H3. The van der Waals surface area contributed by atoms with Gasteiger partial charge < -0.3 is 0 Å². The minimum absolute atomic E-state index is 1.02. The van der Waals surface area contributed by atoms with Crippen LogP contribution in [-0.4, -0.2) is 0 Å². The van der Waals surface area contributed by atoms with Crippen molar-refractivity contribution < 1.29 is 0 Å². The summed E-state index contributed by atoms with van der Waals surface area (Å²) in [6, 6.07) is 0. The van der Waals surface area contributed by atoms with E-state index in [-0.39, 0.29) is 0 Å². The van der Waals surface area contributed by atoms with Crippen molar-refractivity contribution in [2.45, 2.75) is 213 Å². The second-order valence-corrected chi connectivity index (χ2v) is 12.4. The molecule has 0 bridgehead atoms. The van der Waals surface area contributed by atoms with E-state index >= 15 is 0 Å². The molecule has 0 aliphatic carbocycles. The highest BCUT2D eigenvalue weighted by molar-refractivity contribution is 4.92. The summed E-state index contributed by atoms with van der Waals surface area (Å²) < 4.78 is 0. The van der Waals surface area contributed by atoms with Gasteiger partial charge in [0.25, 0.3) is 0 Å². The lowest BCUT2D eigenvalue weighted by molar-refractivity contribution is 0.365. The van der Waals surface area contributed by atoms with Gasteiger partial charge in [-0.3, -0.25) is 0 Å². The van der Waals surface area contributed by atoms with Crippen molar-refractivity contribution in [1.29, 1.82) is 0 Å². The highest BCUT2D eigenvalue weighted by Gasteiger charge is 2.09. The lowest BCUT2D eigenvalue weighted by Gasteiger charge is -2.17. The Kier molecular flexibility index (Phi) is 34.0. The molecule has 0 amide bonds. The van der Waals surface area contributed by atoms with Gasteiger partial charge in [0, 0.05) is 0 Å². The van der Waals surface area contributed by atoms with Crippen LogP contribution in [0.1, 0.15) is 213 Å². The molecule has 0 aliphatic heterocycles. The third kappa shape index (κ3) is 31.7. The molecule has 0 spiro atoms. The Hall–Kier alpha value is -0.520. The topological polar surface area (TPSA) is 0 Å². The summed E-state index contributed by atoms with van der Waals surface area (Å²) in [5.74, 6) is 1.02. The van der Waals surface area contributed by atoms with Crippen molar-refractivity contribution >= 4 is 0 Å². The summed E-state index contributed by atoms with van der Waals surface area (Å²) in [6.07, 6.45) is 52.4. The maximum absolute atomic E-state index is 2.41. The molecule has 0 rings (SSSR count). The number of allylic oxidation sites excluding steroid dienone is 4. The summed E-state index contributed by atoms with van der Waals surface area (Å²) in [4.78, 5) is 0. The smallest absolute Gasteiger partial charge is 0.0169 e. The SMILES string of the molecule is CCCCCC=CCC=CCCCCCCCCC(CCCCCCCCC)CCCCCCCCCC. The fraction of sp³-hybridized carbons (Fsp3) is 0.895. The molecule has 0 saturated heterocycles. The Morgan fingerprint density at radius 1 is 0.316 bits per heavy atom. The molecule has 0 N–H and O–H groups in total. The third-order valence-corrected chi connectivity index (χ3v) is 8.49. The summed E-state index contributed by atoms with van der Waals surface area (Å²) in [6.45, 7) is 6.92. The van der Waals surface area contributed by atoms with Crippen LogP contribution in [0.3, 0.4) is 0 Å². The maximum atomic E-state index is 2.41. The van der Waals surface area contributed by atoms with Crippen LogP contribution in [0.15, 0.2) is 24.3 Å². The van der Waals surface area contributed by atoms with E-state index in [1.807, 2.05) is 0 Å². The largest absolute Gasteiger partial charge is 0.0882 e. The number of unbranched alkanes of at least 4 members (excludes halogenated alkanes) is 22. The van der Waals surface area contributed by atoms with E-state index < -0.39 is 0 Å². The monoisotopic (exact) mass is 531 g/mol. The van der Waals surface area contributed by atoms with Crippen molar-refractivity contribution in [2.24, 2.45) is 5.92 Å². The van der Waals surface area contributed by atoms with E-state index in [1.165, 1.54) is 186 Å². The van der Waals surface area contributed by atoms with E-state index in [0.717, 1.165) is 12.3 Å². The predicted octanol–water partition coefficient (Wildman–Crippen LogP) is 14.5. The van der Waals surface area contributed by atoms with Gasteiger partial charge in [0.15, 0.2) is 0 Å². The van der Waals surface area contributed by atoms with Crippen LogP contribution >= 0.6 is 0 Å². The van der Waals surface area contributed by atoms with Gasteiger partial charge in [0.05, 0.1) is 0 Å². The Balaban J connectivity index is 3.83. The minimum Gasteiger partial charge on any atom is -0.0882 e. The van der Waals surface area contributed by atoms with E-state index in [1.54, 1.807) is 0 Å². The van der Waals surface area contributed by atoms with Gasteiger partial charge in [-0.05, 0) is 38.0 Å². The summed E-state index contributed by atoms with van der Waals surface area (Å²) in [5, 5.41) is 0. The highest BCUT2D eigenvalue weighted by atomic mass is 14.1. The van der Waals surface area contributed by atoms with E-state index in [4.69, 9.17) is 0 Å². The molecule has 0 aliphatic rings. The van der Waals surface area contributed by atoms with Gasteiger partial charge in [0.1, 0.15) is 0 Å². The fourth-order valence-corrected chi connectivity index (χ4v) is 5.81. The van der Waals surface area contributed by atoms with Crippen molar-refractivity contribution in [3.8, 4) is 0 Å². The Morgan fingerprint density at radius 2 is 0.605 bits per heavy atom. The van der Waals surface area contributed by atoms with Gasteiger partial charge >= 0.3 is 0 Å². The molecule has 0 nitrogen and oxygen atoms in total. The predicted molar refractivity (Wildman–Crippen MR) is 177 cm³/mol. The highest BCUT2D eigenvalue weighted by Crippen LogP contribution is 2.25. The molecule has 0 fully saturated rings. The molecule has 0 heterocycles. The molecule has 0 aromatic rings. The Bertz CT molecular complexity index is 459. The Labute approximate surface area is 243 Å². The van der Waals surface area contributed by atoms with Crippen LogP contribution in [-0.2, 0) is 0 Å². The number of hydrogen-bond acceptors (Lipinski definition) is 0. The van der Waals surface area contributed by atoms with Crippen molar-refractivity contribution in [3.05, 3.63) is 24.3 Å². The van der Waals surface area contributed by atoms with E-state index in [9.17, 15) is 0 Å². The van der Waals surface area contributed by atoms with Gasteiger partial charge in [-0.2, -0.15) is 0 Å². The number of hydrogen-bond donors (Lipinski definition) is 0. The lowest BCUT2D eigenvalue weighted by atomic mass is 9.89. The quantitative estimate of drug-likeness (QED) is 0.0599. The zero-order valence-corrected chi connectivity index (χ0v) is 27.1. The second kappa shape index (κ2) is 34.5. The normalized spacial score (nSPS) is 12.8. The fourth-order valence-electron chi connectivity index (χ4n) is 5.81. The molecular formula is C38H74. The van der Waals surface area contributed by atoms with Crippen LogP contribution in [0, 0.1) is 5.92 Å². The zero-order chi connectivity index (χ0) is 27.6. The first-order valence-corrected chi connectivity index (χ1v) is 18.1. The molecule has 0 aromatic heterocycles. The first-order chi connectivity index (χ1) is 18.8. The van der Waals surface area contributed by atoms with E-state index in [0.29, 0.717) is 0 Å². The van der Waals surface area contributed by atoms with Gasteiger partial charge in [-0.25, -0.2) is 0 Å². The maximum Gasteiger partial charge on any atom is -0.0169 e. The van der Waals surface area contributed by atoms with Crippen LogP contribution in [0.25, 0.3) is 0 Å². The van der Waals surface area contributed by atoms with Crippen molar-refractivity contribution in [3.63, 3.8) is 0 Å². The van der Waals surface area contributed by atoms with Gasteiger partial charge in [0.2, 0.25) is 0 Å². The molecule has 1 unspecified atom stereocenters. The van der Waals surface area contributed by atoms with Gasteiger partial charge in [-0.1, -0.05) is 206 Å². The molecule has 0 heteroatoms. The average molecular weight is 531 g/mol. The van der Waals surface area contributed by atoms with Gasteiger partial charge in [-0.15, -0.1) is 0 Å². The van der Waals surface area contributed by atoms with Crippen LogP contribution in [0.4, 0.5) is 0 Å². The van der Waals surface area contributed by atoms with Crippen LogP contribution in [0.2, 0.25) is 0 Å². The van der Waals surface area contributed by atoms with E-state index in [2.05, 4.69) is 45.1 Å². The molecule has 0 aromatic carbocycles. The third-order valence-electron chi connectivity index (χ3n) is 8.49. The second-order valence-electron chi connectivity index (χ2n) is 12.4. The van der Waals surface area contributed by atoms with Crippen molar-refractivity contribution in [2.75, 3.05) is 0 Å². The minimum atomic E-state index is 1.02. The van der Waals surface area contributed by atoms with Crippen molar-refractivity contribution in [1.82, 2.24) is 0 Å². The molecule has 1 atom stereocenters. The summed E-state index contributed by atoms with van der Waals surface area (Å²) in [7, 11) is 0. The first-order valence-electron chi connectivity index (χ1n) is 18.1. The summed E-state index contributed by atoms with van der Waals surface area (Å²) >= 11 is 0. The molecule has 0 radical (unpaired) electrons. The molecule has 0 saturated carbocycles. The average Bonchev–Trinajstić information content (AvgIpc) is 2.93. The summed E-state index contributed by atoms with van der Waals surface area (Å²) in [5.41, 5.74) is 0. The first kappa shape index (κ1) is 37.5. The zero-order valence-electron chi connectivity index (χ0n) is 27.1. The molecule has 226 valence electrons. The van der Waals surface area contributed by atoms with Crippen LogP contribution in [0.5, 0.6) is 0 Å². The number of rotatable bonds is 32. The molecule has 38 heavy (non-hydrogen) atoms. The van der Waals surface area contributed by atoms with Crippen LogP contribution < -0.4 is 0 Å².